The van der Waals surface area contributed by atoms with Crippen LogP contribution in [-0.4, -0.2) is 29.9 Å². The molecule has 12 heavy (non-hydrogen) atoms. The molecule has 0 aliphatic carbocycles. The summed E-state index contributed by atoms with van der Waals surface area (Å²) in [7, 11) is 0. The third-order valence-electron chi connectivity index (χ3n) is 1.63. The number of carbonyl (C=O) groups is 1. The van der Waals surface area contributed by atoms with Crippen LogP contribution in [0.5, 0.6) is 0 Å². The summed E-state index contributed by atoms with van der Waals surface area (Å²) >= 11 is 0. The van der Waals surface area contributed by atoms with Crippen molar-refractivity contribution < 1.29 is 4.79 Å². The van der Waals surface area contributed by atoms with Gasteiger partial charge in [-0.15, -0.1) is 6.58 Å². The van der Waals surface area contributed by atoms with Gasteiger partial charge in [0.15, 0.2) is 0 Å². The van der Waals surface area contributed by atoms with Crippen molar-refractivity contribution in [2.24, 2.45) is 5.73 Å². The van der Waals surface area contributed by atoms with Crippen LogP contribution in [0.15, 0.2) is 12.7 Å². The number of hydrogen-bond acceptors (Lipinski definition) is 2. The molecule has 0 spiro atoms. The van der Waals surface area contributed by atoms with Crippen LogP contribution >= 0.6 is 0 Å². The maximum atomic E-state index is 11.4. The van der Waals surface area contributed by atoms with Crippen molar-refractivity contribution in [3.05, 3.63) is 12.7 Å². The first-order chi connectivity index (χ1) is 5.63. The molecule has 1 amide bonds. The van der Waals surface area contributed by atoms with Crippen LogP contribution in [0.25, 0.3) is 0 Å². The number of nitrogens with two attached hydrogens (primary N) is 1. The molecule has 0 heterocycles. The number of hydrogen-bond donors (Lipinski definition) is 1. The topological polar surface area (TPSA) is 46.3 Å². The van der Waals surface area contributed by atoms with E-state index < -0.39 is 0 Å². The van der Waals surface area contributed by atoms with E-state index in [-0.39, 0.29) is 11.9 Å². The van der Waals surface area contributed by atoms with Gasteiger partial charge in [0.1, 0.15) is 0 Å². The van der Waals surface area contributed by atoms with Crippen LogP contribution in [0.1, 0.15) is 20.3 Å². The van der Waals surface area contributed by atoms with E-state index in [0.29, 0.717) is 19.5 Å². The molecule has 3 heteroatoms. The fourth-order valence-corrected chi connectivity index (χ4v) is 1.01. The summed E-state index contributed by atoms with van der Waals surface area (Å²) < 4.78 is 0. The van der Waals surface area contributed by atoms with E-state index in [0.717, 1.165) is 0 Å². The Morgan fingerprint density at radius 3 is 2.58 bits per heavy atom. The smallest absolute Gasteiger partial charge is 0.224 e. The van der Waals surface area contributed by atoms with Gasteiger partial charge in [0, 0.05) is 25.6 Å². The molecule has 0 rings (SSSR count). The second-order valence-corrected chi connectivity index (χ2v) is 2.97. The quantitative estimate of drug-likeness (QED) is 0.619. The van der Waals surface area contributed by atoms with Crippen molar-refractivity contribution in [1.29, 1.82) is 0 Å². The molecule has 0 radical (unpaired) electrons. The Bertz CT molecular complexity index is 155. The van der Waals surface area contributed by atoms with Gasteiger partial charge in [-0.3, -0.25) is 4.79 Å². The lowest BCUT2D eigenvalue weighted by Gasteiger charge is -2.25. The normalized spacial score (nSPS) is 10.0. The molecule has 3 nitrogen and oxygen atoms in total. The van der Waals surface area contributed by atoms with Gasteiger partial charge < -0.3 is 10.6 Å². The highest BCUT2D eigenvalue weighted by atomic mass is 16.2. The Labute approximate surface area is 74.2 Å². The highest BCUT2D eigenvalue weighted by molar-refractivity contribution is 5.76. The lowest BCUT2D eigenvalue weighted by atomic mass is 10.2. The SMILES string of the molecule is C=CCN(C(=O)CCN)C(C)C. The van der Waals surface area contributed by atoms with Gasteiger partial charge in [-0.1, -0.05) is 6.08 Å². The summed E-state index contributed by atoms with van der Waals surface area (Å²) in [5.74, 6) is 0.104. The average Bonchev–Trinajstić information content (AvgIpc) is 1.99. The fraction of sp³-hybridized carbons (Fsp3) is 0.667. The molecule has 0 aromatic heterocycles. The Kier molecular flexibility index (Phi) is 5.37. The summed E-state index contributed by atoms with van der Waals surface area (Å²) in [5, 5.41) is 0. The molecule has 0 atom stereocenters. The first kappa shape index (κ1) is 11.2. The zero-order valence-corrected chi connectivity index (χ0v) is 7.92. The second kappa shape index (κ2) is 5.77. The largest absolute Gasteiger partial charge is 0.337 e. The van der Waals surface area contributed by atoms with E-state index in [1.54, 1.807) is 11.0 Å². The zero-order valence-electron chi connectivity index (χ0n) is 7.92. The molecule has 70 valence electrons. The number of carbonyl (C=O) groups excluding carboxylic acids is 1. The van der Waals surface area contributed by atoms with Gasteiger partial charge in [0.05, 0.1) is 0 Å². The van der Waals surface area contributed by atoms with Crippen LogP contribution in [0.3, 0.4) is 0 Å². The number of rotatable bonds is 5. The summed E-state index contributed by atoms with van der Waals surface area (Å²) in [6.07, 6.45) is 2.15. The average molecular weight is 170 g/mol. The van der Waals surface area contributed by atoms with E-state index in [1.807, 2.05) is 13.8 Å². The third-order valence-corrected chi connectivity index (χ3v) is 1.63. The molecule has 0 saturated carbocycles. The van der Waals surface area contributed by atoms with Crippen LogP contribution in [-0.2, 0) is 4.79 Å². The van der Waals surface area contributed by atoms with Crippen LogP contribution in [0.4, 0.5) is 0 Å². The van der Waals surface area contributed by atoms with Crippen molar-refractivity contribution in [2.45, 2.75) is 26.3 Å². The first-order valence-electron chi connectivity index (χ1n) is 4.24. The highest BCUT2D eigenvalue weighted by Gasteiger charge is 2.13. The van der Waals surface area contributed by atoms with Gasteiger partial charge in [-0.25, -0.2) is 0 Å². The van der Waals surface area contributed by atoms with Gasteiger partial charge in [-0.05, 0) is 13.8 Å². The van der Waals surface area contributed by atoms with E-state index in [1.165, 1.54) is 0 Å². The lowest BCUT2D eigenvalue weighted by molar-refractivity contribution is -0.132. The Morgan fingerprint density at radius 2 is 2.25 bits per heavy atom. The van der Waals surface area contributed by atoms with Crippen molar-refractivity contribution in [3.8, 4) is 0 Å². The van der Waals surface area contributed by atoms with Crippen LogP contribution < -0.4 is 5.73 Å². The van der Waals surface area contributed by atoms with Crippen LogP contribution in [0, 0.1) is 0 Å². The van der Waals surface area contributed by atoms with E-state index in [4.69, 9.17) is 5.73 Å². The van der Waals surface area contributed by atoms with Crippen molar-refractivity contribution in [1.82, 2.24) is 4.90 Å². The van der Waals surface area contributed by atoms with E-state index in [9.17, 15) is 4.79 Å². The minimum absolute atomic E-state index is 0.104. The van der Waals surface area contributed by atoms with E-state index >= 15 is 0 Å². The van der Waals surface area contributed by atoms with Gasteiger partial charge in [0.25, 0.3) is 0 Å². The molecule has 0 bridgehead atoms. The summed E-state index contributed by atoms with van der Waals surface area (Å²) in [6, 6.07) is 0.224. The second-order valence-electron chi connectivity index (χ2n) is 2.97. The minimum atomic E-state index is 0.104. The molecule has 0 aromatic rings. The van der Waals surface area contributed by atoms with Crippen molar-refractivity contribution in [3.63, 3.8) is 0 Å². The maximum absolute atomic E-state index is 11.4. The molecule has 0 aliphatic heterocycles. The lowest BCUT2D eigenvalue weighted by Crippen LogP contribution is -2.37. The molecule has 0 aliphatic rings. The maximum Gasteiger partial charge on any atom is 0.224 e. The van der Waals surface area contributed by atoms with Gasteiger partial charge in [-0.2, -0.15) is 0 Å². The molecule has 2 N–H and O–H groups in total. The highest BCUT2D eigenvalue weighted by Crippen LogP contribution is 2.00. The zero-order chi connectivity index (χ0) is 9.56. The Balaban J connectivity index is 4.08. The minimum Gasteiger partial charge on any atom is -0.337 e. The predicted octanol–water partition coefficient (Wildman–Crippen LogP) is 0.758. The monoisotopic (exact) mass is 170 g/mol. The molecule has 0 saturated heterocycles. The predicted molar refractivity (Wildman–Crippen MR) is 50.7 cm³/mol. The standard InChI is InChI=1S/C9H18N2O/c1-4-7-11(8(2)3)9(12)5-6-10/h4,8H,1,5-7,10H2,2-3H3. The van der Waals surface area contributed by atoms with Gasteiger partial charge in [0.2, 0.25) is 5.91 Å². The number of amides is 1. The Morgan fingerprint density at radius 1 is 1.67 bits per heavy atom. The molecular weight excluding hydrogens is 152 g/mol. The van der Waals surface area contributed by atoms with Crippen molar-refractivity contribution in [2.75, 3.05) is 13.1 Å². The van der Waals surface area contributed by atoms with Gasteiger partial charge >= 0.3 is 0 Å². The first-order valence-corrected chi connectivity index (χ1v) is 4.24. The molecule has 0 aromatic carbocycles. The van der Waals surface area contributed by atoms with E-state index in [2.05, 4.69) is 6.58 Å². The summed E-state index contributed by atoms with van der Waals surface area (Å²) in [6.45, 7) is 8.59. The molecule has 0 unspecified atom stereocenters. The van der Waals surface area contributed by atoms with Crippen LogP contribution in [0.2, 0.25) is 0 Å². The molecular formula is C9H18N2O. The third kappa shape index (κ3) is 3.53. The number of nitrogens with zero attached hydrogens (tertiary/aromatic N) is 1. The fourth-order valence-electron chi connectivity index (χ4n) is 1.01. The molecule has 0 fully saturated rings. The van der Waals surface area contributed by atoms with Crippen molar-refractivity contribution >= 4 is 5.91 Å². The Hall–Kier alpha value is -0.830. The summed E-state index contributed by atoms with van der Waals surface area (Å²) in [4.78, 5) is 13.1. The summed E-state index contributed by atoms with van der Waals surface area (Å²) in [5.41, 5.74) is 5.29.